The van der Waals surface area contributed by atoms with Gasteiger partial charge >= 0.3 is 0 Å². The SMILES string of the molecule is CCCc1ccc(OC)c(OCc2ccccc2)c1. The van der Waals surface area contributed by atoms with Crippen molar-refractivity contribution >= 4 is 0 Å². The summed E-state index contributed by atoms with van der Waals surface area (Å²) < 4.78 is 11.2. The van der Waals surface area contributed by atoms with Crippen molar-refractivity contribution in [2.24, 2.45) is 0 Å². The summed E-state index contributed by atoms with van der Waals surface area (Å²) in [6.07, 6.45) is 2.19. The van der Waals surface area contributed by atoms with Crippen LogP contribution in [0.4, 0.5) is 0 Å². The minimum atomic E-state index is 0.562. The third kappa shape index (κ3) is 3.75. The van der Waals surface area contributed by atoms with E-state index < -0.39 is 0 Å². The maximum absolute atomic E-state index is 5.88. The molecule has 0 fully saturated rings. The molecule has 0 atom stereocenters. The molecule has 2 nitrogen and oxygen atoms in total. The fraction of sp³-hybridized carbons (Fsp3) is 0.294. The number of ether oxygens (including phenoxy) is 2. The van der Waals surface area contributed by atoms with E-state index in [1.54, 1.807) is 7.11 Å². The Bertz CT molecular complexity index is 506. The maximum Gasteiger partial charge on any atom is 0.161 e. The van der Waals surface area contributed by atoms with E-state index in [2.05, 4.69) is 31.2 Å². The summed E-state index contributed by atoms with van der Waals surface area (Å²) >= 11 is 0. The zero-order valence-corrected chi connectivity index (χ0v) is 11.6. The van der Waals surface area contributed by atoms with E-state index in [1.807, 2.05) is 24.3 Å². The largest absolute Gasteiger partial charge is 0.493 e. The Morgan fingerprint density at radius 3 is 2.37 bits per heavy atom. The number of hydrogen-bond acceptors (Lipinski definition) is 2. The summed E-state index contributed by atoms with van der Waals surface area (Å²) in [7, 11) is 1.67. The average Bonchev–Trinajstić information content (AvgIpc) is 2.47. The normalized spacial score (nSPS) is 10.2. The van der Waals surface area contributed by atoms with E-state index in [4.69, 9.17) is 9.47 Å². The van der Waals surface area contributed by atoms with Crippen molar-refractivity contribution in [3.63, 3.8) is 0 Å². The first-order valence-corrected chi connectivity index (χ1v) is 6.67. The third-order valence-electron chi connectivity index (χ3n) is 3.00. The van der Waals surface area contributed by atoms with Gasteiger partial charge in [0.1, 0.15) is 6.61 Å². The molecular formula is C17H20O2. The zero-order chi connectivity index (χ0) is 13.5. The van der Waals surface area contributed by atoms with Gasteiger partial charge in [0.2, 0.25) is 0 Å². The minimum Gasteiger partial charge on any atom is -0.493 e. The van der Waals surface area contributed by atoms with Gasteiger partial charge in [0.15, 0.2) is 11.5 Å². The summed E-state index contributed by atoms with van der Waals surface area (Å²) in [5, 5.41) is 0. The molecule has 0 saturated heterocycles. The lowest BCUT2D eigenvalue weighted by molar-refractivity contribution is 0.284. The Morgan fingerprint density at radius 2 is 1.68 bits per heavy atom. The highest BCUT2D eigenvalue weighted by atomic mass is 16.5. The Balaban J connectivity index is 2.11. The molecule has 2 aromatic carbocycles. The van der Waals surface area contributed by atoms with Gasteiger partial charge in [-0.1, -0.05) is 49.7 Å². The summed E-state index contributed by atoms with van der Waals surface area (Å²) in [5.74, 6) is 1.60. The lowest BCUT2D eigenvalue weighted by atomic mass is 10.1. The molecular weight excluding hydrogens is 236 g/mol. The highest BCUT2D eigenvalue weighted by molar-refractivity contribution is 5.43. The van der Waals surface area contributed by atoms with E-state index in [-0.39, 0.29) is 0 Å². The molecule has 0 aliphatic carbocycles. The number of hydrogen-bond donors (Lipinski definition) is 0. The first kappa shape index (κ1) is 13.5. The van der Waals surface area contributed by atoms with E-state index in [0.29, 0.717) is 6.61 Å². The lowest BCUT2D eigenvalue weighted by Gasteiger charge is -2.12. The predicted octanol–water partition coefficient (Wildman–Crippen LogP) is 4.23. The van der Waals surface area contributed by atoms with Gasteiger partial charge in [-0.15, -0.1) is 0 Å². The van der Waals surface area contributed by atoms with Crippen LogP contribution in [0.25, 0.3) is 0 Å². The molecule has 0 radical (unpaired) electrons. The van der Waals surface area contributed by atoms with Crippen LogP contribution in [0.5, 0.6) is 11.5 Å². The van der Waals surface area contributed by atoms with Crippen LogP contribution in [0, 0.1) is 0 Å². The Kier molecular flexibility index (Phi) is 4.85. The highest BCUT2D eigenvalue weighted by Crippen LogP contribution is 2.29. The summed E-state index contributed by atoms with van der Waals surface area (Å²) in [6.45, 7) is 2.74. The lowest BCUT2D eigenvalue weighted by Crippen LogP contribution is -1.98. The fourth-order valence-corrected chi connectivity index (χ4v) is 2.01. The maximum atomic E-state index is 5.88. The Hall–Kier alpha value is -1.96. The summed E-state index contributed by atoms with van der Waals surface area (Å²) in [4.78, 5) is 0. The molecule has 2 aromatic rings. The van der Waals surface area contributed by atoms with Gasteiger partial charge in [0, 0.05) is 0 Å². The van der Waals surface area contributed by atoms with Crippen molar-refractivity contribution in [1.82, 2.24) is 0 Å². The van der Waals surface area contributed by atoms with E-state index in [0.717, 1.165) is 29.9 Å². The number of rotatable bonds is 6. The molecule has 0 aromatic heterocycles. The van der Waals surface area contributed by atoms with Gasteiger partial charge in [-0.25, -0.2) is 0 Å². The van der Waals surface area contributed by atoms with Crippen LogP contribution < -0.4 is 9.47 Å². The zero-order valence-electron chi connectivity index (χ0n) is 11.6. The van der Waals surface area contributed by atoms with Gasteiger partial charge in [0.05, 0.1) is 7.11 Å². The van der Waals surface area contributed by atoms with Gasteiger partial charge < -0.3 is 9.47 Å². The average molecular weight is 256 g/mol. The van der Waals surface area contributed by atoms with Crippen LogP contribution in [0.15, 0.2) is 48.5 Å². The first-order valence-electron chi connectivity index (χ1n) is 6.67. The van der Waals surface area contributed by atoms with Crippen molar-refractivity contribution in [3.8, 4) is 11.5 Å². The quantitative estimate of drug-likeness (QED) is 0.770. The predicted molar refractivity (Wildman–Crippen MR) is 77.8 cm³/mol. The molecule has 0 unspecified atom stereocenters. The van der Waals surface area contributed by atoms with Crippen LogP contribution in [-0.2, 0) is 13.0 Å². The molecule has 0 aliphatic rings. The Labute approximate surface area is 115 Å². The molecule has 0 bridgehead atoms. The van der Waals surface area contributed by atoms with Gasteiger partial charge in [-0.2, -0.15) is 0 Å². The monoisotopic (exact) mass is 256 g/mol. The molecule has 2 rings (SSSR count). The number of methoxy groups -OCH3 is 1. The van der Waals surface area contributed by atoms with Crippen LogP contribution >= 0.6 is 0 Å². The molecule has 0 saturated carbocycles. The first-order chi connectivity index (χ1) is 9.33. The second-order valence-corrected chi connectivity index (χ2v) is 4.51. The molecule has 0 N–H and O–H groups in total. The molecule has 0 aliphatic heterocycles. The Morgan fingerprint density at radius 1 is 0.895 bits per heavy atom. The second kappa shape index (κ2) is 6.83. The van der Waals surface area contributed by atoms with Crippen molar-refractivity contribution in [2.45, 2.75) is 26.4 Å². The number of aryl methyl sites for hydroxylation is 1. The molecule has 100 valence electrons. The van der Waals surface area contributed by atoms with E-state index in [1.165, 1.54) is 5.56 Å². The van der Waals surface area contributed by atoms with Crippen LogP contribution in [0.3, 0.4) is 0 Å². The van der Waals surface area contributed by atoms with Crippen LogP contribution in [-0.4, -0.2) is 7.11 Å². The van der Waals surface area contributed by atoms with E-state index >= 15 is 0 Å². The molecule has 0 heterocycles. The number of benzene rings is 2. The third-order valence-corrected chi connectivity index (χ3v) is 3.00. The molecule has 0 amide bonds. The van der Waals surface area contributed by atoms with Crippen molar-refractivity contribution in [1.29, 1.82) is 0 Å². The van der Waals surface area contributed by atoms with Gasteiger partial charge in [-0.05, 0) is 29.7 Å². The fourth-order valence-electron chi connectivity index (χ4n) is 2.01. The summed E-state index contributed by atoms with van der Waals surface area (Å²) in [6, 6.07) is 16.3. The second-order valence-electron chi connectivity index (χ2n) is 4.51. The standard InChI is InChI=1S/C17H20O2/c1-3-7-14-10-11-16(18-2)17(12-14)19-13-15-8-5-4-6-9-15/h4-6,8-12H,3,7,13H2,1-2H3. The van der Waals surface area contributed by atoms with Crippen molar-refractivity contribution in [2.75, 3.05) is 7.11 Å². The van der Waals surface area contributed by atoms with Crippen LogP contribution in [0.1, 0.15) is 24.5 Å². The minimum absolute atomic E-state index is 0.562. The highest BCUT2D eigenvalue weighted by Gasteiger charge is 2.06. The van der Waals surface area contributed by atoms with Gasteiger partial charge in [0.25, 0.3) is 0 Å². The molecule has 0 spiro atoms. The summed E-state index contributed by atoms with van der Waals surface area (Å²) in [5.41, 5.74) is 2.44. The van der Waals surface area contributed by atoms with Crippen LogP contribution in [0.2, 0.25) is 0 Å². The smallest absolute Gasteiger partial charge is 0.161 e. The molecule has 19 heavy (non-hydrogen) atoms. The van der Waals surface area contributed by atoms with Crippen molar-refractivity contribution in [3.05, 3.63) is 59.7 Å². The van der Waals surface area contributed by atoms with E-state index in [9.17, 15) is 0 Å². The van der Waals surface area contributed by atoms with Gasteiger partial charge in [-0.3, -0.25) is 0 Å². The molecule has 2 heteroatoms. The topological polar surface area (TPSA) is 18.5 Å². The van der Waals surface area contributed by atoms with Crippen molar-refractivity contribution < 1.29 is 9.47 Å².